The molecule has 0 radical (unpaired) electrons. The molecule has 1 saturated heterocycles. The molecule has 2 aliphatic rings. The molecule has 0 amide bonds. The van der Waals surface area contributed by atoms with E-state index in [1.54, 1.807) is 0 Å². The van der Waals surface area contributed by atoms with Crippen LogP contribution in [0, 0.1) is 5.92 Å². The molecule has 7 heteroatoms. The highest BCUT2D eigenvalue weighted by molar-refractivity contribution is 7.91. The van der Waals surface area contributed by atoms with E-state index < -0.39 is 15.8 Å². The van der Waals surface area contributed by atoms with Gasteiger partial charge < -0.3 is 14.6 Å². The molecule has 0 aromatic heterocycles. The van der Waals surface area contributed by atoms with Crippen molar-refractivity contribution in [1.29, 1.82) is 0 Å². The average molecular weight is 535 g/mol. The fraction of sp³-hybridized carbons (Fsp3) is 0.387. The summed E-state index contributed by atoms with van der Waals surface area (Å²) in [5, 5.41) is 8.86. The minimum Gasteiger partial charge on any atom is -0.493 e. The minimum atomic E-state index is -2.86. The van der Waals surface area contributed by atoms with Crippen LogP contribution in [0.1, 0.15) is 47.9 Å². The smallest absolute Gasteiger partial charge is 0.303 e. The molecule has 1 fully saturated rings. The zero-order chi connectivity index (χ0) is 26.5. The van der Waals surface area contributed by atoms with Crippen molar-refractivity contribution in [1.82, 2.24) is 0 Å². The van der Waals surface area contributed by atoms with Crippen molar-refractivity contribution in [2.24, 2.45) is 5.92 Å². The quantitative estimate of drug-likeness (QED) is 0.382. The number of carboxylic acid groups (broad SMARTS) is 1. The number of benzene rings is 3. The number of fused-ring (bicyclic) bond motifs is 3. The van der Waals surface area contributed by atoms with Crippen LogP contribution >= 0.6 is 0 Å². The van der Waals surface area contributed by atoms with Crippen molar-refractivity contribution in [2.45, 2.75) is 51.6 Å². The fourth-order valence-electron chi connectivity index (χ4n) is 5.27. The summed E-state index contributed by atoms with van der Waals surface area (Å²) >= 11 is 0. The number of sulfone groups is 1. The Bertz CT molecular complexity index is 1380. The van der Waals surface area contributed by atoms with Crippen molar-refractivity contribution < 1.29 is 27.8 Å². The van der Waals surface area contributed by atoms with Crippen LogP contribution in [0.3, 0.4) is 0 Å². The Hall–Kier alpha value is -3.32. The largest absolute Gasteiger partial charge is 0.493 e. The predicted molar refractivity (Wildman–Crippen MR) is 148 cm³/mol. The fourth-order valence-corrected chi connectivity index (χ4v) is 6.86. The van der Waals surface area contributed by atoms with Gasteiger partial charge in [0.25, 0.3) is 0 Å². The van der Waals surface area contributed by atoms with Crippen molar-refractivity contribution in [3.05, 3.63) is 82.9 Å². The summed E-state index contributed by atoms with van der Waals surface area (Å²) in [7, 11) is -2.86. The molecular weight excluding hydrogens is 500 g/mol. The topological polar surface area (TPSA) is 89.9 Å². The van der Waals surface area contributed by atoms with Gasteiger partial charge in [0.2, 0.25) is 0 Å². The van der Waals surface area contributed by atoms with Gasteiger partial charge in [0.1, 0.15) is 27.9 Å². The second kappa shape index (κ2) is 11.6. The van der Waals surface area contributed by atoms with E-state index in [-0.39, 0.29) is 17.9 Å². The molecule has 38 heavy (non-hydrogen) atoms. The Kier molecular flexibility index (Phi) is 8.03. The Labute approximate surface area is 224 Å². The molecule has 0 atom stereocenters. The number of hydrogen-bond donors (Lipinski definition) is 1. The van der Waals surface area contributed by atoms with Crippen LogP contribution < -0.4 is 9.47 Å². The zero-order valence-corrected chi connectivity index (χ0v) is 22.3. The van der Waals surface area contributed by atoms with E-state index in [0.717, 1.165) is 41.9 Å². The highest BCUT2D eigenvalue weighted by Crippen LogP contribution is 2.36. The Morgan fingerprint density at radius 1 is 0.816 bits per heavy atom. The van der Waals surface area contributed by atoms with Crippen LogP contribution in [0.25, 0.3) is 11.1 Å². The number of carbonyl (C=O) groups is 1. The van der Waals surface area contributed by atoms with Crippen LogP contribution in [-0.2, 0) is 40.5 Å². The molecule has 0 saturated carbocycles. The molecule has 200 valence electrons. The number of rotatable bonds is 9. The maximum atomic E-state index is 11.7. The van der Waals surface area contributed by atoms with Crippen LogP contribution in [0.2, 0.25) is 0 Å². The summed E-state index contributed by atoms with van der Waals surface area (Å²) < 4.78 is 35.5. The molecule has 1 aliphatic carbocycles. The second-order valence-corrected chi connectivity index (χ2v) is 12.7. The molecule has 3 aromatic rings. The number of carboxylic acids is 1. The van der Waals surface area contributed by atoms with Crippen LogP contribution in [-0.4, -0.2) is 37.6 Å². The van der Waals surface area contributed by atoms with Crippen LogP contribution in [0.5, 0.6) is 11.5 Å². The Morgan fingerprint density at radius 2 is 1.53 bits per heavy atom. The first-order valence-electron chi connectivity index (χ1n) is 13.4. The van der Waals surface area contributed by atoms with Gasteiger partial charge in [-0.2, -0.15) is 0 Å². The molecular formula is C31H34O6S. The van der Waals surface area contributed by atoms with Gasteiger partial charge in [-0.1, -0.05) is 30.3 Å². The van der Waals surface area contributed by atoms with E-state index in [9.17, 15) is 13.2 Å². The molecule has 0 bridgehead atoms. The summed E-state index contributed by atoms with van der Waals surface area (Å²) in [4.78, 5) is 10.8. The third-order valence-electron chi connectivity index (χ3n) is 7.55. The summed E-state index contributed by atoms with van der Waals surface area (Å²) in [5.74, 6) is 1.65. The first-order valence-corrected chi connectivity index (χ1v) is 15.2. The van der Waals surface area contributed by atoms with Gasteiger partial charge in [-0.3, -0.25) is 4.79 Å². The van der Waals surface area contributed by atoms with Gasteiger partial charge in [0, 0.05) is 6.42 Å². The molecule has 6 nitrogen and oxygen atoms in total. The third-order valence-corrected chi connectivity index (χ3v) is 9.27. The maximum Gasteiger partial charge on any atom is 0.303 e. The maximum absolute atomic E-state index is 11.7. The molecule has 3 aromatic carbocycles. The number of hydrogen-bond acceptors (Lipinski definition) is 5. The number of aryl methyl sites for hydroxylation is 3. The first kappa shape index (κ1) is 26.3. The molecule has 1 heterocycles. The Balaban J connectivity index is 1.24. The lowest BCUT2D eigenvalue weighted by Gasteiger charge is -2.22. The normalized spacial score (nSPS) is 16.6. The van der Waals surface area contributed by atoms with E-state index >= 15 is 0 Å². The van der Waals surface area contributed by atoms with E-state index in [4.69, 9.17) is 14.6 Å². The number of ether oxygens (including phenoxy) is 2. The second-order valence-electron chi connectivity index (χ2n) is 10.4. The zero-order valence-electron chi connectivity index (χ0n) is 21.5. The average Bonchev–Trinajstić information content (AvgIpc) is 3.09. The van der Waals surface area contributed by atoms with Crippen molar-refractivity contribution >= 4 is 15.8 Å². The first-order chi connectivity index (χ1) is 18.3. The summed E-state index contributed by atoms with van der Waals surface area (Å²) in [6, 6.07) is 20.5. The molecule has 1 N–H and O–H groups in total. The lowest BCUT2D eigenvalue weighted by Crippen LogP contribution is -2.26. The lowest BCUT2D eigenvalue weighted by molar-refractivity contribution is -0.136. The van der Waals surface area contributed by atoms with Gasteiger partial charge in [-0.05, 0) is 108 Å². The highest BCUT2D eigenvalue weighted by Gasteiger charge is 2.24. The van der Waals surface area contributed by atoms with Crippen molar-refractivity contribution in [3.63, 3.8) is 0 Å². The Morgan fingerprint density at radius 3 is 2.29 bits per heavy atom. The van der Waals surface area contributed by atoms with Gasteiger partial charge in [-0.15, -0.1) is 0 Å². The number of aliphatic carboxylic acids is 1. The summed E-state index contributed by atoms with van der Waals surface area (Å²) in [5.41, 5.74) is 7.18. The van der Waals surface area contributed by atoms with Crippen LogP contribution in [0.4, 0.5) is 0 Å². The summed E-state index contributed by atoms with van der Waals surface area (Å²) in [6.07, 6.45) is 5.09. The SMILES string of the molecule is O=C(O)CCc1ccc(OCc2ccc3c(c2)-c2ccc(OCC4CCS(=O)(=O)CC4)cc2CCC3)cc1. The standard InChI is InChI=1S/C31H34O6S/c32-31(33)13-7-22-5-9-27(10-6-22)36-21-24-4-8-25-2-1-3-26-19-28(11-12-29(26)30(25)18-24)37-20-23-14-16-38(34,35)17-15-23/h4-6,8-12,18-19,23H,1-3,7,13-17,20-21H2,(H,32,33). The minimum absolute atomic E-state index is 0.122. The van der Waals surface area contributed by atoms with E-state index in [1.165, 1.54) is 22.3 Å². The molecule has 1 aliphatic heterocycles. The van der Waals surface area contributed by atoms with E-state index in [1.807, 2.05) is 30.3 Å². The third kappa shape index (κ3) is 6.76. The van der Waals surface area contributed by atoms with E-state index in [0.29, 0.717) is 38.4 Å². The van der Waals surface area contributed by atoms with Gasteiger partial charge >= 0.3 is 5.97 Å². The van der Waals surface area contributed by atoms with Gasteiger partial charge in [0.05, 0.1) is 18.1 Å². The van der Waals surface area contributed by atoms with Gasteiger partial charge in [0.15, 0.2) is 0 Å². The van der Waals surface area contributed by atoms with Crippen molar-refractivity contribution in [2.75, 3.05) is 18.1 Å². The van der Waals surface area contributed by atoms with Crippen LogP contribution in [0.15, 0.2) is 60.7 Å². The molecule has 0 spiro atoms. The predicted octanol–water partition coefficient (Wildman–Crippen LogP) is 5.64. The molecule has 5 rings (SSSR count). The van der Waals surface area contributed by atoms with Crippen molar-refractivity contribution in [3.8, 4) is 22.6 Å². The highest BCUT2D eigenvalue weighted by atomic mass is 32.2. The lowest BCUT2D eigenvalue weighted by atomic mass is 9.95. The summed E-state index contributed by atoms with van der Waals surface area (Å²) in [6.45, 7) is 1.02. The monoisotopic (exact) mass is 534 g/mol. The molecule has 0 unspecified atom stereocenters. The van der Waals surface area contributed by atoms with Gasteiger partial charge in [-0.25, -0.2) is 8.42 Å². The van der Waals surface area contributed by atoms with E-state index in [2.05, 4.69) is 30.3 Å².